The molecule has 0 saturated carbocycles. The first-order valence-corrected chi connectivity index (χ1v) is 17.1. The second-order valence-corrected chi connectivity index (χ2v) is 13.8. The Balaban J connectivity index is 0.00000348. The van der Waals surface area contributed by atoms with Gasteiger partial charge >= 0.3 is 27.3 Å². The Bertz CT molecular complexity index is 2980. The van der Waals surface area contributed by atoms with Crippen molar-refractivity contribution in [2.45, 2.75) is 9.79 Å². The number of nitrogens with zero attached hydrogens (tertiary/aromatic N) is 6. The number of benzene rings is 4. The van der Waals surface area contributed by atoms with Crippen molar-refractivity contribution in [1.82, 2.24) is 39.9 Å². The molecule has 0 fully saturated rings. The zero-order valence-corrected chi connectivity index (χ0v) is 31.9. The Morgan fingerprint density at radius 1 is 0.449 bits per heavy atom. The fourth-order valence-corrected chi connectivity index (χ4v) is 8.14. The summed E-state index contributed by atoms with van der Waals surface area (Å²) >= 11 is 0. The van der Waals surface area contributed by atoms with E-state index in [1.54, 1.807) is 24.3 Å². The number of hydrogen-bond donors (Lipinski definition) is 4. The third-order valence-electron chi connectivity index (χ3n) is 8.17. The van der Waals surface area contributed by atoms with Gasteiger partial charge in [-0.1, -0.05) is 72.8 Å². The quantitative estimate of drug-likeness (QED) is 0.140. The fourth-order valence-electron chi connectivity index (χ4n) is 6.14. The van der Waals surface area contributed by atoms with E-state index in [0.29, 0.717) is 45.2 Å². The summed E-state index contributed by atoms with van der Waals surface area (Å²) in [6, 6.07) is 24.2. The molecule has 240 valence electrons. The van der Waals surface area contributed by atoms with Crippen LogP contribution < -0.4 is 0 Å². The molecule has 7 aromatic rings. The molecule has 17 heteroatoms. The van der Waals surface area contributed by atoms with Crippen LogP contribution >= 0.6 is 0 Å². The summed E-state index contributed by atoms with van der Waals surface area (Å²) in [7, 11) is -10.4. The molecule has 9 rings (SSSR count). The minimum absolute atomic E-state index is 0. The second kappa shape index (κ2) is 11.0. The molecular weight excluding hydrogens is 864 g/mol. The molecular formula is C32H20N8O6PbS2. The Hall–Kier alpha value is -5.02. The number of H-pyrrole nitrogens is 2. The van der Waals surface area contributed by atoms with Crippen LogP contribution in [0.3, 0.4) is 0 Å². The molecule has 0 atom stereocenters. The average molecular weight is 884 g/mol. The fraction of sp³-hybridized carbons (Fsp3) is 0. The Kier molecular flexibility index (Phi) is 7.02. The van der Waals surface area contributed by atoms with Crippen LogP contribution in [0.1, 0.15) is 0 Å². The van der Waals surface area contributed by atoms with Crippen molar-refractivity contribution in [2.24, 2.45) is 0 Å². The first-order chi connectivity index (χ1) is 23.0. The molecule has 2 radical (unpaired) electrons. The summed E-state index contributed by atoms with van der Waals surface area (Å²) < 4.78 is 70.7. The molecule has 0 saturated heterocycles. The molecule has 4 aromatic carbocycles. The van der Waals surface area contributed by atoms with E-state index in [1.807, 2.05) is 48.5 Å². The summed E-state index contributed by atoms with van der Waals surface area (Å²) in [6.07, 6.45) is 0. The molecule has 4 N–H and O–H groups in total. The van der Waals surface area contributed by atoms with Crippen molar-refractivity contribution in [3.63, 3.8) is 0 Å². The van der Waals surface area contributed by atoms with Gasteiger partial charge in [0.25, 0.3) is 20.2 Å². The van der Waals surface area contributed by atoms with E-state index in [1.165, 1.54) is 6.07 Å². The van der Waals surface area contributed by atoms with Crippen molar-refractivity contribution < 1.29 is 25.9 Å². The SMILES string of the molecule is O=S(=O)(O)c1ccc2c3nc4nc(nc5[nH]c(nc6nc(nc([nH]3)c2c1S(=O)(=O)O)-c1ccccc1-6)c1ccccc51)-c1ccccc1-4.[PbH2]. The van der Waals surface area contributed by atoms with Crippen molar-refractivity contribution >= 4 is 91.7 Å². The average Bonchev–Trinajstić information content (AvgIpc) is 3.79. The predicted molar refractivity (Wildman–Crippen MR) is 184 cm³/mol. The third-order valence-corrected chi connectivity index (χ3v) is 10.1. The van der Waals surface area contributed by atoms with Crippen LogP contribution in [0.15, 0.2) is 94.7 Å². The van der Waals surface area contributed by atoms with Gasteiger partial charge in [-0.05, 0) is 12.1 Å². The number of aromatic nitrogens is 8. The molecule has 5 heterocycles. The normalized spacial score (nSPS) is 12.4. The van der Waals surface area contributed by atoms with E-state index in [0.717, 1.165) is 16.8 Å². The van der Waals surface area contributed by atoms with Crippen LogP contribution in [-0.4, -0.2) is 93.1 Å². The van der Waals surface area contributed by atoms with E-state index < -0.39 is 30.0 Å². The topological polar surface area (TPSA) is 218 Å². The van der Waals surface area contributed by atoms with Crippen LogP contribution in [0.4, 0.5) is 0 Å². The number of aromatic amines is 2. The van der Waals surface area contributed by atoms with E-state index in [-0.39, 0.29) is 61.0 Å². The molecule has 2 aliphatic heterocycles. The van der Waals surface area contributed by atoms with E-state index >= 15 is 0 Å². The van der Waals surface area contributed by atoms with Gasteiger partial charge in [-0.25, -0.2) is 29.9 Å². The van der Waals surface area contributed by atoms with Crippen LogP contribution in [0, 0.1) is 0 Å². The van der Waals surface area contributed by atoms with Gasteiger partial charge in [0.2, 0.25) is 0 Å². The molecule has 2 aliphatic rings. The van der Waals surface area contributed by atoms with Gasteiger partial charge in [0.1, 0.15) is 32.4 Å². The van der Waals surface area contributed by atoms with Crippen molar-refractivity contribution in [2.75, 3.05) is 0 Å². The molecule has 0 amide bonds. The first-order valence-electron chi connectivity index (χ1n) is 14.3. The van der Waals surface area contributed by atoms with E-state index in [2.05, 4.69) is 15.0 Å². The summed E-state index contributed by atoms with van der Waals surface area (Å²) in [5, 5.41) is 1.33. The monoisotopic (exact) mass is 884 g/mol. The van der Waals surface area contributed by atoms with Gasteiger partial charge in [-0.2, -0.15) is 16.8 Å². The van der Waals surface area contributed by atoms with Crippen molar-refractivity contribution in [3.05, 3.63) is 84.9 Å². The Morgan fingerprint density at radius 3 is 1.27 bits per heavy atom. The number of hydrogen-bond acceptors (Lipinski definition) is 10. The molecule has 3 aromatic heterocycles. The number of rotatable bonds is 2. The van der Waals surface area contributed by atoms with Crippen molar-refractivity contribution in [3.8, 4) is 45.6 Å². The minimum atomic E-state index is -5.27. The van der Waals surface area contributed by atoms with Crippen LogP contribution in [0.5, 0.6) is 0 Å². The van der Waals surface area contributed by atoms with Crippen molar-refractivity contribution in [1.29, 1.82) is 0 Å². The standard InChI is InChI=1S/C32H18N8O6S2.Pb.2H/c41-47(42,43)22-14-13-21-23(24(22)48(44,45)46)32-39-30-20-12-6-5-11-19(20)28(37-30)35-26-16-8-2-1-7-15(16)25(33-26)34-27-17-9-3-4-10-18(17)29(36-27)38-31(21)40-32;;;/h1-14H,(H,41,42,43)(H,44,45,46)(H2,33,34,35,36,37,38,39,40);;;. The van der Waals surface area contributed by atoms with E-state index in [4.69, 9.17) is 24.9 Å². The molecule has 0 unspecified atom stereocenters. The molecule has 8 bridgehead atoms. The zero-order chi connectivity index (χ0) is 32.9. The van der Waals surface area contributed by atoms with Gasteiger partial charge in [0.15, 0.2) is 23.3 Å². The van der Waals surface area contributed by atoms with Crippen LogP contribution in [-0.2, 0) is 20.2 Å². The van der Waals surface area contributed by atoms with Gasteiger partial charge < -0.3 is 9.97 Å². The maximum absolute atomic E-state index is 12.8. The van der Waals surface area contributed by atoms with Gasteiger partial charge in [0, 0.05) is 38.4 Å². The Morgan fingerprint density at radius 2 is 0.837 bits per heavy atom. The summed E-state index contributed by atoms with van der Waals surface area (Å²) in [6.45, 7) is 0. The number of nitrogens with one attached hydrogen (secondary N) is 2. The van der Waals surface area contributed by atoms with Crippen LogP contribution in [0.2, 0.25) is 0 Å². The van der Waals surface area contributed by atoms with Crippen LogP contribution in [0.25, 0.3) is 89.7 Å². The summed E-state index contributed by atoms with van der Waals surface area (Å²) in [5.74, 6) is 0.980. The zero-order valence-electron chi connectivity index (χ0n) is 24.8. The molecule has 49 heavy (non-hydrogen) atoms. The van der Waals surface area contributed by atoms with Gasteiger partial charge in [-0.3, -0.25) is 9.11 Å². The first kappa shape index (κ1) is 31.3. The molecule has 0 spiro atoms. The van der Waals surface area contributed by atoms with E-state index in [9.17, 15) is 25.9 Å². The third kappa shape index (κ3) is 4.93. The van der Waals surface area contributed by atoms with Gasteiger partial charge in [0.05, 0.1) is 5.39 Å². The predicted octanol–water partition coefficient (Wildman–Crippen LogP) is 4.45. The summed E-state index contributed by atoms with van der Waals surface area (Å²) in [4.78, 5) is 32.8. The Labute approximate surface area is 296 Å². The second-order valence-electron chi connectivity index (χ2n) is 11.0. The molecule has 14 nitrogen and oxygen atoms in total. The summed E-state index contributed by atoms with van der Waals surface area (Å²) in [5.41, 5.74) is 3.32. The maximum atomic E-state index is 12.8. The number of fused-ring (bicyclic) bond motifs is 20. The molecule has 0 aliphatic carbocycles. The van der Waals surface area contributed by atoms with Gasteiger partial charge in [-0.15, -0.1) is 0 Å².